The lowest BCUT2D eigenvalue weighted by atomic mass is 9.89. The zero-order valence-electron chi connectivity index (χ0n) is 13.6. The molecule has 0 bridgehead atoms. The van der Waals surface area contributed by atoms with Crippen LogP contribution in [0.25, 0.3) is 11.2 Å². The van der Waals surface area contributed by atoms with Gasteiger partial charge in [0.05, 0.1) is 0 Å². The summed E-state index contributed by atoms with van der Waals surface area (Å²) in [6.45, 7) is 3.66. The van der Waals surface area contributed by atoms with Gasteiger partial charge in [-0.3, -0.25) is 4.57 Å². The van der Waals surface area contributed by atoms with Crippen LogP contribution in [0.15, 0.2) is 57.9 Å². The number of aromatic nitrogens is 2. The summed E-state index contributed by atoms with van der Waals surface area (Å²) in [5.74, 6) is 0.340. The normalized spacial score (nSPS) is 16.7. The number of pyridine rings is 1. The molecule has 24 heavy (non-hydrogen) atoms. The van der Waals surface area contributed by atoms with Crippen LogP contribution in [0.3, 0.4) is 0 Å². The number of hydrogen-bond acceptors (Lipinski definition) is 4. The molecule has 124 valence electrons. The van der Waals surface area contributed by atoms with Gasteiger partial charge in [-0.1, -0.05) is 30.3 Å². The third-order valence-electron chi connectivity index (χ3n) is 4.94. The van der Waals surface area contributed by atoms with Crippen LogP contribution in [0.4, 0.5) is 0 Å². The van der Waals surface area contributed by atoms with Crippen molar-refractivity contribution in [1.29, 1.82) is 0 Å². The lowest BCUT2D eigenvalue weighted by Crippen LogP contribution is -2.36. The fourth-order valence-corrected chi connectivity index (χ4v) is 3.57. The molecule has 1 aromatic carbocycles. The first-order chi connectivity index (χ1) is 11.8. The fourth-order valence-electron chi connectivity index (χ4n) is 3.57. The third kappa shape index (κ3) is 2.99. The molecule has 2 aromatic heterocycles. The molecule has 0 spiro atoms. The highest BCUT2D eigenvalue weighted by Crippen LogP contribution is 2.27. The van der Waals surface area contributed by atoms with Gasteiger partial charge >= 0.3 is 5.76 Å². The number of nitrogens with zero attached hydrogens (tertiary/aromatic N) is 3. The Bertz CT molecular complexity index is 861. The molecule has 4 rings (SSSR count). The van der Waals surface area contributed by atoms with Crippen LogP contribution in [-0.2, 0) is 6.54 Å². The van der Waals surface area contributed by atoms with Crippen LogP contribution >= 0.6 is 0 Å². The number of hydrogen-bond donors (Lipinski definition) is 0. The maximum Gasteiger partial charge on any atom is 0.421 e. The quantitative estimate of drug-likeness (QED) is 0.741. The second-order valence-corrected chi connectivity index (χ2v) is 6.37. The lowest BCUT2D eigenvalue weighted by Gasteiger charge is -2.32. The van der Waals surface area contributed by atoms with Crippen molar-refractivity contribution in [1.82, 2.24) is 14.5 Å². The second kappa shape index (κ2) is 6.61. The van der Waals surface area contributed by atoms with Gasteiger partial charge in [0.15, 0.2) is 0 Å². The first kappa shape index (κ1) is 15.1. The molecule has 1 aliphatic rings. The first-order valence-electron chi connectivity index (χ1n) is 8.53. The van der Waals surface area contributed by atoms with Crippen molar-refractivity contribution in [3.8, 4) is 0 Å². The highest BCUT2D eigenvalue weighted by molar-refractivity contribution is 5.67. The molecular formula is C19H21N3O2. The minimum absolute atomic E-state index is 0.317. The number of fused-ring (bicyclic) bond motifs is 1. The average molecular weight is 323 g/mol. The predicted octanol–water partition coefficient (Wildman–Crippen LogP) is 2.87. The second-order valence-electron chi connectivity index (χ2n) is 6.37. The summed E-state index contributed by atoms with van der Waals surface area (Å²) < 4.78 is 6.88. The molecule has 0 N–H and O–H groups in total. The largest absolute Gasteiger partial charge is 0.421 e. The summed E-state index contributed by atoms with van der Waals surface area (Å²) in [4.78, 5) is 18.5. The molecule has 1 aliphatic heterocycles. The number of benzene rings is 1. The molecule has 0 amide bonds. The van der Waals surface area contributed by atoms with Crippen molar-refractivity contribution in [2.24, 2.45) is 0 Å². The maximum absolute atomic E-state index is 12.0. The van der Waals surface area contributed by atoms with E-state index in [9.17, 15) is 4.79 Å². The summed E-state index contributed by atoms with van der Waals surface area (Å²) in [6, 6.07) is 14.5. The number of likely N-dealkylation sites (tertiary alicyclic amines) is 1. The van der Waals surface area contributed by atoms with Crippen molar-refractivity contribution in [3.05, 3.63) is 64.8 Å². The Kier molecular flexibility index (Phi) is 4.17. The van der Waals surface area contributed by atoms with Crippen molar-refractivity contribution in [2.75, 3.05) is 19.6 Å². The number of piperidine rings is 1. The zero-order chi connectivity index (χ0) is 16.4. The van der Waals surface area contributed by atoms with Crippen molar-refractivity contribution in [2.45, 2.75) is 25.3 Å². The molecule has 0 saturated carbocycles. The Morgan fingerprint density at radius 2 is 1.83 bits per heavy atom. The lowest BCUT2D eigenvalue weighted by molar-refractivity contribution is 0.204. The van der Waals surface area contributed by atoms with Crippen molar-refractivity contribution < 1.29 is 4.42 Å². The van der Waals surface area contributed by atoms with Gasteiger partial charge in [0.1, 0.15) is 5.52 Å². The van der Waals surface area contributed by atoms with E-state index in [0.29, 0.717) is 18.2 Å². The first-order valence-corrected chi connectivity index (χ1v) is 8.53. The van der Waals surface area contributed by atoms with Crippen LogP contribution in [0.2, 0.25) is 0 Å². The van der Waals surface area contributed by atoms with E-state index in [0.717, 1.165) is 25.2 Å². The highest BCUT2D eigenvalue weighted by Gasteiger charge is 2.20. The van der Waals surface area contributed by atoms with E-state index < -0.39 is 0 Å². The average Bonchev–Trinajstić information content (AvgIpc) is 2.96. The monoisotopic (exact) mass is 323 g/mol. The van der Waals surface area contributed by atoms with Gasteiger partial charge in [0, 0.05) is 19.3 Å². The molecule has 0 atom stereocenters. The minimum atomic E-state index is -0.317. The molecule has 5 nitrogen and oxygen atoms in total. The Morgan fingerprint density at radius 1 is 1.04 bits per heavy atom. The van der Waals surface area contributed by atoms with Crippen LogP contribution < -0.4 is 5.76 Å². The van der Waals surface area contributed by atoms with E-state index in [2.05, 4.69) is 40.2 Å². The van der Waals surface area contributed by atoms with Gasteiger partial charge in [0.25, 0.3) is 0 Å². The topological polar surface area (TPSA) is 51.3 Å². The Labute approximate surface area is 140 Å². The Morgan fingerprint density at radius 3 is 2.62 bits per heavy atom. The van der Waals surface area contributed by atoms with Crippen LogP contribution in [0, 0.1) is 0 Å². The zero-order valence-corrected chi connectivity index (χ0v) is 13.6. The van der Waals surface area contributed by atoms with Gasteiger partial charge in [-0.05, 0) is 49.5 Å². The maximum atomic E-state index is 12.0. The molecule has 0 radical (unpaired) electrons. The summed E-state index contributed by atoms with van der Waals surface area (Å²) in [5.41, 5.74) is 2.65. The summed E-state index contributed by atoms with van der Waals surface area (Å²) in [7, 11) is 0. The Hall–Kier alpha value is -2.40. The van der Waals surface area contributed by atoms with Gasteiger partial charge < -0.3 is 9.32 Å². The van der Waals surface area contributed by atoms with Crippen LogP contribution in [-0.4, -0.2) is 34.1 Å². The van der Waals surface area contributed by atoms with E-state index >= 15 is 0 Å². The molecule has 5 heteroatoms. The van der Waals surface area contributed by atoms with Crippen LogP contribution in [0.1, 0.15) is 24.3 Å². The summed E-state index contributed by atoms with van der Waals surface area (Å²) >= 11 is 0. The molecule has 0 aliphatic carbocycles. The number of oxazole rings is 1. The number of rotatable bonds is 4. The molecule has 3 heterocycles. The molecule has 1 fully saturated rings. The summed E-state index contributed by atoms with van der Waals surface area (Å²) in [5, 5.41) is 0. The van der Waals surface area contributed by atoms with Gasteiger partial charge in [-0.15, -0.1) is 0 Å². The Balaban J connectivity index is 1.37. The van der Waals surface area contributed by atoms with E-state index in [4.69, 9.17) is 4.42 Å². The minimum Gasteiger partial charge on any atom is -0.389 e. The smallest absolute Gasteiger partial charge is 0.389 e. The van der Waals surface area contributed by atoms with Crippen LogP contribution in [0.5, 0.6) is 0 Å². The van der Waals surface area contributed by atoms with E-state index in [1.165, 1.54) is 18.4 Å². The van der Waals surface area contributed by atoms with E-state index in [-0.39, 0.29) is 5.76 Å². The summed E-state index contributed by atoms with van der Waals surface area (Å²) in [6.07, 6.45) is 3.99. The standard InChI is InChI=1S/C19H21N3O2/c23-19-22(17-7-4-10-20-18(17)24-19)14-13-21-11-8-16(9-12-21)15-5-2-1-3-6-15/h1-7,10,16H,8-9,11-14H2. The van der Waals surface area contributed by atoms with Gasteiger partial charge in [-0.25, -0.2) is 9.78 Å². The molecule has 1 saturated heterocycles. The molecule has 0 unspecified atom stereocenters. The van der Waals surface area contributed by atoms with Gasteiger partial charge in [-0.2, -0.15) is 0 Å². The molecule has 3 aromatic rings. The van der Waals surface area contributed by atoms with Gasteiger partial charge in [0.2, 0.25) is 5.71 Å². The fraction of sp³-hybridized carbons (Fsp3) is 0.368. The SMILES string of the molecule is O=c1oc2ncccc2n1CCN1CCC(c2ccccc2)CC1. The molecular weight excluding hydrogens is 302 g/mol. The predicted molar refractivity (Wildman–Crippen MR) is 93.1 cm³/mol. The highest BCUT2D eigenvalue weighted by atomic mass is 16.4. The van der Waals surface area contributed by atoms with Crippen molar-refractivity contribution in [3.63, 3.8) is 0 Å². The van der Waals surface area contributed by atoms with E-state index in [1.807, 2.05) is 12.1 Å². The third-order valence-corrected chi connectivity index (χ3v) is 4.94. The van der Waals surface area contributed by atoms with E-state index in [1.54, 1.807) is 10.8 Å². The van der Waals surface area contributed by atoms with Crippen molar-refractivity contribution >= 4 is 11.2 Å².